The molecule has 1 fully saturated rings. The first-order valence-corrected chi connectivity index (χ1v) is 11.3. The number of hydrogen-bond donors (Lipinski definition) is 7. The van der Waals surface area contributed by atoms with Crippen molar-refractivity contribution >= 4 is 31.2 Å². The van der Waals surface area contributed by atoms with E-state index in [1.54, 1.807) is 18.2 Å². The summed E-state index contributed by atoms with van der Waals surface area (Å²) in [5, 5.41) is 28.6. The molecular weight excluding hydrogens is 447 g/mol. The highest BCUT2D eigenvalue weighted by Gasteiger charge is 2.24. The number of nitrogens with one attached hydrogen (secondary N) is 1. The van der Waals surface area contributed by atoms with Crippen LogP contribution in [0.1, 0.15) is 56.7 Å². The number of phenols is 1. The van der Waals surface area contributed by atoms with E-state index in [4.69, 9.17) is 24.1 Å². The fraction of sp³-hybridized carbons (Fsp3) is 0.400. The maximum atomic E-state index is 9.72. The van der Waals surface area contributed by atoms with E-state index in [0.717, 1.165) is 13.2 Å². The Kier molecular flexibility index (Phi) is 18.8. The summed E-state index contributed by atoms with van der Waals surface area (Å²) in [6.07, 6.45) is 7.89. The molecule has 0 saturated carbocycles. The lowest BCUT2D eigenvalue weighted by Gasteiger charge is -2.16. The number of carbonyl (C=O) groups is 1. The molecule has 0 amide bonds. The maximum absolute atomic E-state index is 9.72. The normalized spacial score (nSPS) is 12.6. The second kappa shape index (κ2) is 19.3. The summed E-state index contributed by atoms with van der Waals surface area (Å²) >= 11 is 0. The molecule has 1 aromatic carbocycles. The Morgan fingerprint density at radius 3 is 2.06 bits per heavy atom. The van der Waals surface area contributed by atoms with E-state index in [2.05, 4.69) is 17.3 Å². The van der Waals surface area contributed by atoms with Gasteiger partial charge in [-0.05, 0) is 57.5 Å². The number of aliphatic hydroxyl groups is 2. The van der Waals surface area contributed by atoms with Crippen LogP contribution in [0.5, 0.6) is 5.75 Å². The Morgan fingerprint density at radius 1 is 1.17 bits per heavy atom. The summed E-state index contributed by atoms with van der Waals surface area (Å²) in [6, 6.07) is 6.48. The van der Waals surface area contributed by atoms with E-state index in [9.17, 15) is 20.1 Å². The molecule has 10 N–H and O–H groups in total. The Balaban J connectivity index is 0. The maximum Gasteiger partial charge on any atom is 0.161 e. The van der Waals surface area contributed by atoms with Crippen molar-refractivity contribution in [3.8, 4) is 5.75 Å². The van der Waals surface area contributed by atoms with Gasteiger partial charge in [0.2, 0.25) is 0 Å². The number of anilines is 1. The van der Waals surface area contributed by atoms with E-state index in [-0.39, 0.29) is 34.2 Å². The number of para-hydroxylation sites is 1. The first-order chi connectivity index (χ1) is 16.6. The summed E-state index contributed by atoms with van der Waals surface area (Å²) in [7, 11) is 6.73. The van der Waals surface area contributed by atoms with Crippen LogP contribution in [0.25, 0.3) is 11.8 Å². The largest absolute Gasteiger partial charge is 0.507 e. The van der Waals surface area contributed by atoms with Crippen LogP contribution in [-0.4, -0.2) is 54.2 Å². The predicted octanol–water partition coefficient (Wildman–Crippen LogP) is 2.57. The number of phenolic OH excluding ortho intramolecular Hbond substituents is 1. The second-order valence-electron chi connectivity index (χ2n) is 6.86. The smallest absolute Gasteiger partial charge is 0.161 e. The Labute approximate surface area is 210 Å². The molecule has 1 aliphatic rings. The molecule has 2 heterocycles. The number of aromatic nitrogens is 1. The molecular formula is C25H41BN4O5. The number of hydrogen-bond acceptors (Lipinski definition) is 8. The SMILES string of the molecule is C1CCOCC1.C=CC(C)=O.CC.CN.[B]C(O)(O)c1c[nH]c(N)c1/C=C(\N)c1ccccc1O. The zero-order chi connectivity index (χ0) is 27.4. The van der Waals surface area contributed by atoms with E-state index in [0.29, 0.717) is 5.56 Å². The number of rotatable bonds is 4. The van der Waals surface area contributed by atoms with Gasteiger partial charge in [0, 0.05) is 41.8 Å². The van der Waals surface area contributed by atoms with Crippen LogP contribution in [0.2, 0.25) is 0 Å². The van der Waals surface area contributed by atoms with Crippen LogP contribution >= 0.6 is 0 Å². The monoisotopic (exact) mass is 488 g/mol. The van der Waals surface area contributed by atoms with Crippen LogP contribution in [-0.2, 0) is 15.2 Å². The average Bonchev–Trinajstić information content (AvgIpc) is 3.24. The molecule has 3 rings (SSSR count). The van der Waals surface area contributed by atoms with Crippen LogP contribution < -0.4 is 17.2 Å². The molecule has 10 heteroatoms. The number of aromatic amines is 1. The number of carbonyl (C=O) groups excluding carboxylic acids is 1. The van der Waals surface area contributed by atoms with Crippen molar-refractivity contribution in [2.24, 2.45) is 11.5 Å². The zero-order valence-corrected chi connectivity index (χ0v) is 21.3. The zero-order valence-electron chi connectivity index (χ0n) is 21.3. The van der Waals surface area contributed by atoms with Crippen LogP contribution in [0.4, 0.5) is 5.82 Å². The Bertz CT molecular complexity index is 877. The van der Waals surface area contributed by atoms with Gasteiger partial charge in [0.05, 0.1) is 0 Å². The highest BCUT2D eigenvalue weighted by molar-refractivity contribution is 6.13. The van der Waals surface area contributed by atoms with Gasteiger partial charge in [0.15, 0.2) is 13.6 Å². The summed E-state index contributed by atoms with van der Waals surface area (Å²) in [4.78, 5) is 12.3. The number of benzene rings is 1. The van der Waals surface area contributed by atoms with Crippen LogP contribution in [0, 0.1) is 0 Å². The van der Waals surface area contributed by atoms with Gasteiger partial charge in [-0.1, -0.05) is 32.6 Å². The third-order valence-corrected chi connectivity index (χ3v) is 4.23. The Hall–Kier alpha value is -3.05. The Morgan fingerprint density at radius 2 is 1.69 bits per heavy atom. The first kappa shape index (κ1) is 34.1. The fourth-order valence-electron chi connectivity index (χ4n) is 2.55. The number of H-pyrrole nitrogens is 1. The number of allylic oxidation sites excluding steroid dienone is 1. The lowest BCUT2D eigenvalue weighted by Crippen LogP contribution is -2.25. The molecule has 0 bridgehead atoms. The number of aromatic hydroxyl groups is 1. The molecule has 1 saturated heterocycles. The van der Waals surface area contributed by atoms with E-state index < -0.39 is 5.69 Å². The van der Waals surface area contributed by atoms with Crippen molar-refractivity contribution in [2.45, 2.75) is 45.7 Å². The third-order valence-electron chi connectivity index (χ3n) is 4.23. The quantitative estimate of drug-likeness (QED) is 0.195. The van der Waals surface area contributed by atoms with Crippen LogP contribution in [0.3, 0.4) is 0 Å². The molecule has 1 aliphatic heterocycles. The molecule has 2 aromatic rings. The van der Waals surface area contributed by atoms with Crippen molar-refractivity contribution < 1.29 is 24.9 Å². The van der Waals surface area contributed by atoms with Crippen molar-refractivity contribution in [2.75, 3.05) is 26.0 Å². The summed E-state index contributed by atoms with van der Waals surface area (Å²) in [5.74, 6) is 0.199. The molecule has 35 heavy (non-hydrogen) atoms. The van der Waals surface area contributed by atoms with Gasteiger partial charge in [-0.3, -0.25) is 4.79 Å². The highest BCUT2D eigenvalue weighted by Crippen LogP contribution is 2.29. The van der Waals surface area contributed by atoms with Gasteiger partial charge >= 0.3 is 0 Å². The minimum absolute atomic E-state index is 0.00363. The molecule has 0 spiro atoms. The summed E-state index contributed by atoms with van der Waals surface area (Å²) in [6.45, 7) is 10.7. The number of ketones is 1. The van der Waals surface area contributed by atoms with Crippen molar-refractivity contribution in [3.05, 3.63) is 59.8 Å². The van der Waals surface area contributed by atoms with Gasteiger partial charge in [-0.15, -0.1) is 0 Å². The van der Waals surface area contributed by atoms with Gasteiger partial charge in [0.25, 0.3) is 0 Å². The molecule has 9 nitrogen and oxygen atoms in total. The minimum Gasteiger partial charge on any atom is -0.507 e. The molecule has 1 aromatic heterocycles. The third kappa shape index (κ3) is 14.1. The average molecular weight is 488 g/mol. The van der Waals surface area contributed by atoms with Gasteiger partial charge in [-0.25, -0.2) is 0 Å². The highest BCUT2D eigenvalue weighted by atomic mass is 16.5. The molecule has 194 valence electrons. The van der Waals surface area contributed by atoms with Crippen molar-refractivity contribution in [3.63, 3.8) is 0 Å². The number of nitrogens with two attached hydrogens (primary N) is 3. The topological polar surface area (TPSA) is 181 Å². The fourth-order valence-corrected chi connectivity index (χ4v) is 2.55. The second-order valence-corrected chi connectivity index (χ2v) is 6.86. The number of ether oxygens (including phenoxy) is 1. The molecule has 0 atom stereocenters. The van der Waals surface area contributed by atoms with Gasteiger partial charge in [-0.2, -0.15) is 0 Å². The number of nitrogen functional groups attached to an aromatic ring is 1. The first-order valence-electron chi connectivity index (χ1n) is 11.3. The standard InChI is InChI=1S/C13H14BN3O3.C5H10O.C4H6O.C2H6.CH5N/c14-13(19,20)9-6-17-12(16)8(9)5-10(15)7-3-1-2-4-11(7)18;1-2-4-6-5-3-1;1-3-4(2)5;2*1-2/h1-6,17-20H,15-16H2;1-5H2;3H,1H2,2H3;1-2H3;2H2,1H3/b10-5-;;;;. The van der Waals surface area contributed by atoms with Crippen LogP contribution in [0.15, 0.2) is 43.1 Å². The molecule has 2 radical (unpaired) electrons. The van der Waals surface area contributed by atoms with E-state index in [1.165, 1.54) is 57.6 Å². The van der Waals surface area contributed by atoms with Gasteiger partial charge < -0.3 is 42.2 Å². The lowest BCUT2D eigenvalue weighted by atomic mass is 9.86. The summed E-state index contributed by atoms with van der Waals surface area (Å²) < 4.78 is 5.07. The van der Waals surface area contributed by atoms with Gasteiger partial charge in [0.1, 0.15) is 17.3 Å². The lowest BCUT2D eigenvalue weighted by molar-refractivity contribution is -0.112. The minimum atomic E-state index is -2.54. The van der Waals surface area contributed by atoms with E-state index >= 15 is 0 Å². The van der Waals surface area contributed by atoms with Crippen molar-refractivity contribution in [1.82, 2.24) is 4.98 Å². The molecule has 0 aliphatic carbocycles. The molecule has 0 unspecified atom stereocenters. The van der Waals surface area contributed by atoms with E-state index in [1.807, 2.05) is 13.8 Å². The summed E-state index contributed by atoms with van der Waals surface area (Å²) in [5.41, 5.74) is 14.4. The van der Waals surface area contributed by atoms with Crippen molar-refractivity contribution in [1.29, 1.82) is 0 Å². The predicted molar refractivity (Wildman–Crippen MR) is 144 cm³/mol.